The van der Waals surface area contributed by atoms with Gasteiger partial charge >= 0.3 is 0 Å². The summed E-state index contributed by atoms with van der Waals surface area (Å²) >= 11 is 2.03. The van der Waals surface area contributed by atoms with Gasteiger partial charge in [-0.2, -0.15) is 0 Å². The topological polar surface area (TPSA) is 12.5 Å². The first-order chi connectivity index (χ1) is 8.06. The molecule has 2 atom stereocenters. The Morgan fingerprint density at radius 1 is 1.35 bits per heavy atom. The van der Waals surface area contributed by atoms with Gasteiger partial charge in [0.15, 0.2) is 0 Å². The number of benzene rings is 1. The molecule has 1 aliphatic rings. The maximum atomic E-state index is 13.9. The number of ether oxygens (including phenoxy) is 1. The second-order valence-corrected chi connectivity index (χ2v) is 5.83. The molecule has 0 N–H and O–H groups in total. The van der Waals surface area contributed by atoms with Crippen molar-refractivity contribution in [2.75, 3.05) is 13.1 Å². The van der Waals surface area contributed by atoms with Crippen molar-refractivity contribution < 1.29 is 9.13 Å². The van der Waals surface area contributed by atoms with Gasteiger partial charge in [0.25, 0.3) is 0 Å². The van der Waals surface area contributed by atoms with Crippen LogP contribution in [-0.4, -0.2) is 30.2 Å². The highest BCUT2D eigenvalue weighted by Gasteiger charge is 2.22. The molecule has 0 radical (unpaired) electrons. The summed E-state index contributed by atoms with van der Waals surface area (Å²) < 4.78 is 20.2. The minimum absolute atomic E-state index is 0.0834. The van der Waals surface area contributed by atoms with E-state index in [9.17, 15) is 4.39 Å². The van der Waals surface area contributed by atoms with Crippen molar-refractivity contribution >= 4 is 22.6 Å². The minimum atomic E-state index is -0.0834. The van der Waals surface area contributed by atoms with Crippen LogP contribution in [0.25, 0.3) is 0 Å². The summed E-state index contributed by atoms with van der Waals surface area (Å²) in [7, 11) is 0. The summed E-state index contributed by atoms with van der Waals surface area (Å²) in [5, 5.41) is 0. The van der Waals surface area contributed by atoms with Crippen LogP contribution in [0.15, 0.2) is 18.2 Å². The molecular formula is C13H17FINO. The van der Waals surface area contributed by atoms with Crippen molar-refractivity contribution in [3.63, 3.8) is 0 Å². The minimum Gasteiger partial charge on any atom is -0.373 e. The molecule has 1 aromatic rings. The Morgan fingerprint density at radius 3 is 2.65 bits per heavy atom. The van der Waals surface area contributed by atoms with Crippen LogP contribution in [0.1, 0.15) is 19.4 Å². The fourth-order valence-corrected chi connectivity index (χ4v) is 2.88. The van der Waals surface area contributed by atoms with Gasteiger partial charge in [-0.15, -0.1) is 0 Å². The predicted molar refractivity (Wildman–Crippen MR) is 74.4 cm³/mol. The van der Waals surface area contributed by atoms with Crippen LogP contribution in [0.2, 0.25) is 0 Å². The van der Waals surface area contributed by atoms with Crippen LogP contribution < -0.4 is 0 Å². The van der Waals surface area contributed by atoms with Crippen molar-refractivity contribution in [1.29, 1.82) is 0 Å². The molecule has 0 saturated carbocycles. The molecule has 2 unspecified atom stereocenters. The van der Waals surface area contributed by atoms with Crippen LogP contribution in [0.3, 0.4) is 0 Å². The lowest BCUT2D eigenvalue weighted by atomic mass is 10.1. The van der Waals surface area contributed by atoms with Gasteiger partial charge in [0.1, 0.15) is 5.82 Å². The van der Waals surface area contributed by atoms with E-state index in [0.29, 0.717) is 10.1 Å². The first-order valence-electron chi connectivity index (χ1n) is 5.87. The molecule has 1 aromatic carbocycles. The largest absolute Gasteiger partial charge is 0.373 e. The normalized spacial score (nSPS) is 26.1. The van der Waals surface area contributed by atoms with Crippen molar-refractivity contribution in [3.8, 4) is 0 Å². The number of nitrogens with zero attached hydrogens (tertiary/aromatic N) is 1. The maximum Gasteiger partial charge on any atom is 0.141 e. The summed E-state index contributed by atoms with van der Waals surface area (Å²) in [6.45, 7) is 6.53. The fourth-order valence-electron chi connectivity index (χ4n) is 2.32. The molecule has 94 valence electrons. The van der Waals surface area contributed by atoms with Crippen LogP contribution in [0, 0.1) is 9.39 Å². The van der Waals surface area contributed by atoms with Gasteiger partial charge in [-0.3, -0.25) is 4.90 Å². The van der Waals surface area contributed by atoms with Gasteiger partial charge in [0.2, 0.25) is 0 Å². The van der Waals surface area contributed by atoms with Crippen LogP contribution in [-0.2, 0) is 11.3 Å². The molecule has 0 aromatic heterocycles. The Hall–Kier alpha value is -0.200. The lowest BCUT2D eigenvalue weighted by Gasteiger charge is -2.35. The van der Waals surface area contributed by atoms with E-state index in [-0.39, 0.29) is 18.0 Å². The molecule has 17 heavy (non-hydrogen) atoms. The van der Waals surface area contributed by atoms with Crippen LogP contribution >= 0.6 is 22.6 Å². The summed E-state index contributed by atoms with van der Waals surface area (Å²) in [5.74, 6) is -0.0834. The van der Waals surface area contributed by atoms with Crippen molar-refractivity contribution in [2.24, 2.45) is 0 Å². The zero-order valence-corrected chi connectivity index (χ0v) is 12.3. The molecule has 2 rings (SSSR count). The Morgan fingerprint density at radius 2 is 2.00 bits per heavy atom. The van der Waals surface area contributed by atoms with Gasteiger partial charge in [-0.25, -0.2) is 4.39 Å². The lowest BCUT2D eigenvalue weighted by molar-refractivity contribution is -0.0707. The third-order valence-corrected chi connectivity index (χ3v) is 3.75. The average molecular weight is 349 g/mol. The van der Waals surface area contributed by atoms with Gasteiger partial charge < -0.3 is 4.74 Å². The quantitative estimate of drug-likeness (QED) is 0.761. The van der Waals surface area contributed by atoms with E-state index in [2.05, 4.69) is 18.7 Å². The van der Waals surface area contributed by atoms with Gasteiger partial charge in [0.05, 0.1) is 12.2 Å². The number of morpholine rings is 1. The van der Waals surface area contributed by atoms with E-state index in [1.165, 1.54) is 0 Å². The SMILES string of the molecule is CC1CN(Cc2cccc(I)c2F)CC(C)O1. The number of hydrogen-bond acceptors (Lipinski definition) is 2. The van der Waals surface area contributed by atoms with Gasteiger partial charge in [-0.1, -0.05) is 12.1 Å². The molecule has 0 spiro atoms. The molecule has 0 amide bonds. The van der Waals surface area contributed by atoms with Crippen LogP contribution in [0.5, 0.6) is 0 Å². The lowest BCUT2D eigenvalue weighted by Crippen LogP contribution is -2.44. The highest BCUT2D eigenvalue weighted by molar-refractivity contribution is 14.1. The Balaban J connectivity index is 2.07. The van der Waals surface area contributed by atoms with Crippen molar-refractivity contribution in [3.05, 3.63) is 33.1 Å². The zero-order chi connectivity index (χ0) is 12.4. The number of hydrogen-bond donors (Lipinski definition) is 0. The second-order valence-electron chi connectivity index (χ2n) is 4.66. The fraction of sp³-hybridized carbons (Fsp3) is 0.538. The summed E-state index contributed by atoms with van der Waals surface area (Å²) in [6, 6.07) is 5.57. The molecule has 2 nitrogen and oxygen atoms in total. The molecular weight excluding hydrogens is 332 g/mol. The molecule has 1 fully saturated rings. The second kappa shape index (κ2) is 5.63. The predicted octanol–water partition coefficient (Wildman–Crippen LogP) is 3.04. The monoisotopic (exact) mass is 349 g/mol. The third kappa shape index (κ3) is 3.39. The van der Waals surface area contributed by atoms with Crippen molar-refractivity contribution in [1.82, 2.24) is 4.90 Å². The molecule has 0 aliphatic carbocycles. The Bertz CT molecular complexity index is 389. The first kappa shape index (κ1) is 13.2. The average Bonchev–Trinajstić information content (AvgIpc) is 2.23. The van der Waals surface area contributed by atoms with Gasteiger partial charge in [-0.05, 0) is 42.5 Å². The number of halogens is 2. The maximum absolute atomic E-state index is 13.9. The number of rotatable bonds is 2. The molecule has 0 bridgehead atoms. The zero-order valence-electron chi connectivity index (χ0n) is 10.1. The molecule has 1 aliphatic heterocycles. The van der Waals surface area contributed by atoms with E-state index in [4.69, 9.17) is 4.74 Å². The van der Waals surface area contributed by atoms with Gasteiger partial charge in [0, 0.05) is 28.8 Å². The van der Waals surface area contributed by atoms with E-state index in [1.54, 1.807) is 6.07 Å². The van der Waals surface area contributed by atoms with Crippen LogP contribution in [0.4, 0.5) is 4.39 Å². The summed E-state index contributed by atoms with van der Waals surface area (Å²) in [4.78, 5) is 2.26. The first-order valence-corrected chi connectivity index (χ1v) is 6.95. The highest BCUT2D eigenvalue weighted by Crippen LogP contribution is 2.19. The molecule has 1 saturated heterocycles. The third-order valence-electron chi connectivity index (χ3n) is 2.92. The molecule has 4 heteroatoms. The van der Waals surface area contributed by atoms with E-state index >= 15 is 0 Å². The van der Waals surface area contributed by atoms with E-state index < -0.39 is 0 Å². The smallest absolute Gasteiger partial charge is 0.141 e. The van der Waals surface area contributed by atoms with E-state index in [0.717, 1.165) is 18.7 Å². The van der Waals surface area contributed by atoms with E-state index in [1.807, 2.05) is 34.7 Å². The van der Waals surface area contributed by atoms with Crippen molar-refractivity contribution in [2.45, 2.75) is 32.6 Å². The Labute approximate surface area is 115 Å². The Kier molecular flexibility index (Phi) is 4.38. The summed E-state index contributed by atoms with van der Waals surface area (Å²) in [6.07, 6.45) is 0.453. The highest BCUT2D eigenvalue weighted by atomic mass is 127. The summed E-state index contributed by atoms with van der Waals surface area (Å²) in [5.41, 5.74) is 0.776. The molecule has 1 heterocycles. The standard InChI is InChI=1S/C13H17FINO/c1-9-6-16(7-10(2)17-9)8-11-4-3-5-12(15)13(11)14/h3-5,9-10H,6-8H2,1-2H3.